The van der Waals surface area contributed by atoms with Gasteiger partial charge in [0.25, 0.3) is 5.91 Å². The minimum Gasteiger partial charge on any atom is -0.482 e. The molecule has 0 spiro atoms. The number of benzene rings is 2. The fraction of sp³-hybridized carbons (Fsp3) is 0.105. The number of fused-ring (bicyclic) bond motifs is 1. The fourth-order valence-corrected chi connectivity index (χ4v) is 2.51. The van der Waals surface area contributed by atoms with Crippen LogP contribution in [-0.4, -0.2) is 36.5 Å². The van der Waals surface area contributed by atoms with Crippen LogP contribution in [0.5, 0.6) is 5.75 Å². The van der Waals surface area contributed by atoms with Gasteiger partial charge in [0.15, 0.2) is 12.4 Å². The number of ether oxygens (including phenoxy) is 1. The molecular weight excluding hydrogens is 350 g/mol. The van der Waals surface area contributed by atoms with E-state index in [0.29, 0.717) is 28.0 Å². The van der Waals surface area contributed by atoms with Crippen molar-refractivity contribution >= 4 is 34.4 Å². The molecule has 0 unspecified atom stereocenters. The van der Waals surface area contributed by atoms with Crippen molar-refractivity contribution in [3.8, 4) is 5.75 Å². The summed E-state index contributed by atoms with van der Waals surface area (Å²) in [5.41, 5.74) is 7.14. The SMILES string of the molecule is CN(C(=O)c1cc2cc(C(=N)N)ccc2o1)c1ccc(OCC(=O)O)cc1. The van der Waals surface area contributed by atoms with E-state index in [0.717, 1.165) is 0 Å². The first-order valence-corrected chi connectivity index (χ1v) is 7.96. The van der Waals surface area contributed by atoms with Gasteiger partial charge in [0.1, 0.15) is 17.2 Å². The van der Waals surface area contributed by atoms with Crippen LogP contribution in [0.2, 0.25) is 0 Å². The molecule has 3 rings (SSSR count). The Morgan fingerprint density at radius 2 is 1.89 bits per heavy atom. The van der Waals surface area contributed by atoms with Gasteiger partial charge in [-0.3, -0.25) is 10.2 Å². The summed E-state index contributed by atoms with van der Waals surface area (Å²) < 4.78 is 10.7. The summed E-state index contributed by atoms with van der Waals surface area (Å²) in [4.78, 5) is 24.6. The number of carbonyl (C=O) groups is 2. The second-order valence-electron chi connectivity index (χ2n) is 5.82. The average molecular weight is 367 g/mol. The lowest BCUT2D eigenvalue weighted by molar-refractivity contribution is -0.139. The van der Waals surface area contributed by atoms with Gasteiger partial charge in [0.05, 0.1) is 0 Å². The van der Waals surface area contributed by atoms with Crippen LogP contribution >= 0.6 is 0 Å². The number of aliphatic carboxylic acids is 1. The van der Waals surface area contributed by atoms with Crippen molar-refractivity contribution in [3.63, 3.8) is 0 Å². The fourth-order valence-electron chi connectivity index (χ4n) is 2.51. The molecule has 0 saturated carbocycles. The number of amides is 1. The zero-order valence-corrected chi connectivity index (χ0v) is 14.4. The van der Waals surface area contributed by atoms with Gasteiger partial charge in [-0.05, 0) is 48.5 Å². The number of rotatable bonds is 6. The van der Waals surface area contributed by atoms with E-state index in [-0.39, 0.29) is 17.5 Å². The largest absolute Gasteiger partial charge is 0.482 e. The van der Waals surface area contributed by atoms with E-state index in [1.807, 2.05) is 0 Å². The maximum Gasteiger partial charge on any atom is 0.341 e. The Morgan fingerprint density at radius 1 is 1.19 bits per heavy atom. The van der Waals surface area contributed by atoms with Crippen molar-refractivity contribution in [1.82, 2.24) is 0 Å². The lowest BCUT2D eigenvalue weighted by atomic mass is 10.1. The van der Waals surface area contributed by atoms with Crippen LogP contribution in [0.25, 0.3) is 11.0 Å². The van der Waals surface area contributed by atoms with Crippen LogP contribution in [0.3, 0.4) is 0 Å². The molecule has 1 heterocycles. The van der Waals surface area contributed by atoms with Crippen molar-refractivity contribution in [1.29, 1.82) is 5.41 Å². The third kappa shape index (κ3) is 3.90. The van der Waals surface area contributed by atoms with Crippen molar-refractivity contribution in [2.75, 3.05) is 18.6 Å². The second kappa shape index (κ2) is 7.20. The molecule has 0 aliphatic rings. The molecule has 0 radical (unpaired) electrons. The first kappa shape index (κ1) is 18.0. The first-order chi connectivity index (χ1) is 12.8. The first-order valence-electron chi connectivity index (χ1n) is 7.96. The van der Waals surface area contributed by atoms with Gasteiger partial charge in [0, 0.05) is 23.7 Å². The number of carboxylic acids is 1. The molecule has 1 aromatic heterocycles. The maximum absolute atomic E-state index is 12.7. The maximum atomic E-state index is 12.7. The minimum absolute atomic E-state index is 0.0618. The molecule has 27 heavy (non-hydrogen) atoms. The second-order valence-corrected chi connectivity index (χ2v) is 5.82. The average Bonchev–Trinajstić information content (AvgIpc) is 3.08. The van der Waals surface area contributed by atoms with E-state index >= 15 is 0 Å². The summed E-state index contributed by atoms with van der Waals surface area (Å²) in [6.45, 7) is -0.435. The van der Waals surface area contributed by atoms with Gasteiger partial charge >= 0.3 is 5.97 Å². The summed E-state index contributed by atoms with van der Waals surface area (Å²) in [7, 11) is 1.60. The zero-order chi connectivity index (χ0) is 19.6. The topological polar surface area (TPSA) is 130 Å². The Labute approximate surface area is 154 Å². The minimum atomic E-state index is -1.07. The van der Waals surface area contributed by atoms with Crippen LogP contribution in [0.4, 0.5) is 5.69 Å². The van der Waals surface area contributed by atoms with Gasteiger partial charge in [-0.1, -0.05) is 0 Å². The highest BCUT2D eigenvalue weighted by atomic mass is 16.5. The number of furan rings is 1. The third-order valence-electron chi connectivity index (χ3n) is 3.93. The predicted molar refractivity (Wildman–Crippen MR) is 99.5 cm³/mol. The molecule has 8 heteroatoms. The summed E-state index contributed by atoms with van der Waals surface area (Å²) >= 11 is 0. The number of hydrogen-bond donors (Lipinski definition) is 3. The Balaban J connectivity index is 1.79. The van der Waals surface area contributed by atoms with Crippen LogP contribution in [0.1, 0.15) is 16.1 Å². The molecule has 0 saturated heterocycles. The summed E-state index contributed by atoms with van der Waals surface area (Å²) in [6.07, 6.45) is 0. The van der Waals surface area contributed by atoms with E-state index in [2.05, 4.69) is 0 Å². The number of nitrogen functional groups attached to an aromatic ring is 1. The van der Waals surface area contributed by atoms with E-state index in [9.17, 15) is 9.59 Å². The summed E-state index contributed by atoms with van der Waals surface area (Å²) in [6, 6.07) is 13.1. The van der Waals surface area contributed by atoms with Crippen molar-refractivity contribution in [2.24, 2.45) is 5.73 Å². The third-order valence-corrected chi connectivity index (χ3v) is 3.93. The predicted octanol–water partition coefficient (Wildman–Crippen LogP) is 2.46. The van der Waals surface area contributed by atoms with Crippen molar-refractivity contribution in [3.05, 3.63) is 59.9 Å². The molecule has 0 aliphatic heterocycles. The molecule has 0 fully saturated rings. The Kier molecular flexibility index (Phi) is 4.80. The zero-order valence-electron chi connectivity index (χ0n) is 14.4. The smallest absolute Gasteiger partial charge is 0.341 e. The highest BCUT2D eigenvalue weighted by molar-refractivity contribution is 6.06. The molecule has 138 valence electrons. The Bertz CT molecular complexity index is 1020. The lowest BCUT2D eigenvalue weighted by Gasteiger charge is -2.16. The van der Waals surface area contributed by atoms with Crippen LogP contribution in [0.15, 0.2) is 52.9 Å². The van der Waals surface area contributed by atoms with E-state index < -0.39 is 12.6 Å². The molecule has 1 amide bonds. The molecule has 8 nitrogen and oxygen atoms in total. The van der Waals surface area contributed by atoms with E-state index in [4.69, 9.17) is 25.4 Å². The Morgan fingerprint density at radius 3 is 2.52 bits per heavy atom. The molecule has 2 aromatic carbocycles. The summed E-state index contributed by atoms with van der Waals surface area (Å²) in [5, 5.41) is 16.8. The lowest BCUT2D eigenvalue weighted by Crippen LogP contribution is -2.25. The number of hydrogen-bond acceptors (Lipinski definition) is 5. The number of carboxylic acid groups (broad SMARTS) is 1. The molecular formula is C19H17N3O5. The molecule has 0 aliphatic carbocycles. The summed E-state index contributed by atoms with van der Waals surface area (Å²) in [5.74, 6) is -0.936. The highest BCUT2D eigenvalue weighted by Crippen LogP contribution is 2.24. The van der Waals surface area contributed by atoms with Gasteiger partial charge in [-0.2, -0.15) is 0 Å². The standard InChI is InChI=1S/C19H17N3O5/c1-22(13-3-5-14(6-4-13)26-10-17(23)24)19(25)16-9-12-8-11(18(20)21)2-7-15(12)27-16/h2-9H,10H2,1H3,(H3,20,21)(H,23,24). The van der Waals surface area contributed by atoms with Gasteiger partial charge in [-0.25, -0.2) is 4.79 Å². The number of amidine groups is 1. The molecule has 0 atom stereocenters. The van der Waals surface area contributed by atoms with Crippen LogP contribution in [-0.2, 0) is 4.79 Å². The number of nitrogens with zero attached hydrogens (tertiary/aromatic N) is 1. The van der Waals surface area contributed by atoms with Crippen molar-refractivity contribution in [2.45, 2.75) is 0 Å². The Hall–Kier alpha value is -3.81. The highest BCUT2D eigenvalue weighted by Gasteiger charge is 2.18. The number of carbonyl (C=O) groups excluding carboxylic acids is 1. The van der Waals surface area contributed by atoms with Crippen LogP contribution in [0, 0.1) is 5.41 Å². The number of anilines is 1. The van der Waals surface area contributed by atoms with E-state index in [1.165, 1.54) is 4.90 Å². The van der Waals surface area contributed by atoms with Crippen LogP contribution < -0.4 is 15.4 Å². The molecule has 4 N–H and O–H groups in total. The van der Waals surface area contributed by atoms with E-state index in [1.54, 1.807) is 55.6 Å². The number of nitrogens with one attached hydrogen (secondary N) is 1. The van der Waals surface area contributed by atoms with Gasteiger partial charge in [-0.15, -0.1) is 0 Å². The molecule has 0 bridgehead atoms. The quantitative estimate of drug-likeness (QED) is 0.453. The molecule has 3 aromatic rings. The number of nitrogens with two attached hydrogens (primary N) is 1. The van der Waals surface area contributed by atoms with Gasteiger partial charge in [0.2, 0.25) is 0 Å². The monoisotopic (exact) mass is 367 g/mol. The normalized spacial score (nSPS) is 10.6. The van der Waals surface area contributed by atoms with Crippen molar-refractivity contribution < 1.29 is 23.8 Å². The van der Waals surface area contributed by atoms with Gasteiger partial charge < -0.3 is 24.9 Å².